The minimum atomic E-state index is -4.52. The fourth-order valence-corrected chi connectivity index (χ4v) is 2.80. The summed E-state index contributed by atoms with van der Waals surface area (Å²) < 4.78 is 43.2. The number of hydrogen-bond acceptors (Lipinski definition) is 6. The first-order chi connectivity index (χ1) is 14.3. The Morgan fingerprint density at radius 3 is 2.40 bits per heavy atom. The van der Waals surface area contributed by atoms with Crippen molar-refractivity contribution in [3.63, 3.8) is 0 Å². The van der Waals surface area contributed by atoms with Crippen LogP contribution < -0.4 is 4.74 Å². The summed E-state index contributed by atoms with van der Waals surface area (Å²) in [6.07, 6.45) is -0.182. The number of halogens is 3. The number of rotatable bonds is 7. The van der Waals surface area contributed by atoms with E-state index in [-0.39, 0.29) is 18.5 Å². The summed E-state index contributed by atoms with van der Waals surface area (Å²) in [5.41, 5.74) is -0.0181. The summed E-state index contributed by atoms with van der Waals surface area (Å²) in [6.45, 7) is 3.98. The first kappa shape index (κ1) is 21.2. The maximum atomic E-state index is 13.1. The van der Waals surface area contributed by atoms with Crippen LogP contribution in [0.25, 0.3) is 5.69 Å². The third kappa shape index (κ3) is 4.73. The molecular formula is C19H19F3N6O2. The first-order valence-electron chi connectivity index (χ1n) is 9.10. The Kier molecular flexibility index (Phi) is 6.28. The van der Waals surface area contributed by atoms with Crippen LogP contribution in [0.15, 0.2) is 49.1 Å². The van der Waals surface area contributed by atoms with Gasteiger partial charge in [-0.2, -0.15) is 28.2 Å². The molecule has 158 valence electrons. The Labute approximate surface area is 170 Å². The average Bonchev–Trinajstić information content (AvgIpc) is 3.27. The molecule has 2 aromatic heterocycles. The van der Waals surface area contributed by atoms with Crippen LogP contribution in [0.1, 0.15) is 29.8 Å². The van der Waals surface area contributed by atoms with Crippen molar-refractivity contribution < 1.29 is 22.7 Å². The number of amides is 1. The van der Waals surface area contributed by atoms with Crippen molar-refractivity contribution in [1.82, 2.24) is 29.9 Å². The number of aromatic nitrogens is 5. The van der Waals surface area contributed by atoms with Gasteiger partial charge in [0.15, 0.2) is 0 Å². The standard InChI is InChI=1S/C19H19F3N6O2/c1-3-27(13(2)12-30-18-23-10-14(11-24-18)19(20,21)22)17(29)15-6-4-5-7-16(15)28-25-8-9-26-28/h4-11,13H,3,12H2,1-2H3. The van der Waals surface area contributed by atoms with Crippen molar-refractivity contribution in [1.29, 1.82) is 0 Å². The molecule has 0 N–H and O–H groups in total. The molecule has 11 heteroatoms. The number of para-hydroxylation sites is 1. The van der Waals surface area contributed by atoms with E-state index in [0.717, 1.165) is 0 Å². The maximum absolute atomic E-state index is 13.1. The molecule has 0 fully saturated rings. The van der Waals surface area contributed by atoms with Crippen LogP contribution in [0.5, 0.6) is 6.01 Å². The molecule has 3 aromatic rings. The monoisotopic (exact) mass is 420 g/mol. The summed E-state index contributed by atoms with van der Waals surface area (Å²) in [5.74, 6) is -0.255. The van der Waals surface area contributed by atoms with E-state index >= 15 is 0 Å². The summed E-state index contributed by atoms with van der Waals surface area (Å²) in [7, 11) is 0. The van der Waals surface area contributed by atoms with Gasteiger partial charge in [0.1, 0.15) is 6.61 Å². The molecule has 1 unspecified atom stereocenters. The van der Waals surface area contributed by atoms with Crippen LogP contribution in [0.4, 0.5) is 13.2 Å². The van der Waals surface area contributed by atoms with Crippen LogP contribution in [0.2, 0.25) is 0 Å². The minimum Gasteiger partial charge on any atom is -0.461 e. The third-order valence-corrected chi connectivity index (χ3v) is 4.31. The second kappa shape index (κ2) is 8.89. The number of carbonyl (C=O) groups is 1. The molecule has 2 heterocycles. The van der Waals surface area contributed by atoms with E-state index in [1.807, 2.05) is 6.92 Å². The predicted molar refractivity (Wildman–Crippen MR) is 100 cm³/mol. The van der Waals surface area contributed by atoms with E-state index in [1.54, 1.807) is 36.1 Å². The van der Waals surface area contributed by atoms with Crippen LogP contribution in [-0.4, -0.2) is 55.0 Å². The Morgan fingerprint density at radius 2 is 1.80 bits per heavy atom. The first-order valence-corrected chi connectivity index (χ1v) is 9.10. The van der Waals surface area contributed by atoms with Gasteiger partial charge in [0.2, 0.25) is 0 Å². The van der Waals surface area contributed by atoms with Gasteiger partial charge in [0, 0.05) is 18.9 Å². The molecular weight excluding hydrogens is 401 g/mol. The Bertz CT molecular complexity index is 977. The van der Waals surface area contributed by atoms with E-state index in [2.05, 4.69) is 20.2 Å². The molecule has 0 bridgehead atoms. The van der Waals surface area contributed by atoms with Crippen LogP contribution in [-0.2, 0) is 6.18 Å². The molecule has 1 atom stereocenters. The molecule has 0 aliphatic heterocycles. The van der Waals surface area contributed by atoms with Gasteiger partial charge in [-0.25, -0.2) is 9.97 Å². The van der Waals surface area contributed by atoms with Crippen molar-refractivity contribution in [3.05, 3.63) is 60.2 Å². The number of alkyl halides is 3. The lowest BCUT2D eigenvalue weighted by Gasteiger charge is -2.28. The fourth-order valence-electron chi connectivity index (χ4n) is 2.80. The smallest absolute Gasteiger partial charge is 0.419 e. The molecule has 0 spiro atoms. The van der Waals surface area contributed by atoms with E-state index in [9.17, 15) is 18.0 Å². The van der Waals surface area contributed by atoms with Crippen LogP contribution in [0, 0.1) is 0 Å². The number of likely N-dealkylation sites (N-methyl/N-ethyl adjacent to an activating group) is 1. The van der Waals surface area contributed by atoms with Gasteiger partial charge in [-0.1, -0.05) is 12.1 Å². The van der Waals surface area contributed by atoms with E-state index in [1.165, 1.54) is 17.2 Å². The van der Waals surface area contributed by atoms with Gasteiger partial charge in [0.25, 0.3) is 5.91 Å². The van der Waals surface area contributed by atoms with E-state index in [4.69, 9.17) is 4.74 Å². The summed E-state index contributed by atoms with van der Waals surface area (Å²) in [6, 6.07) is 6.34. The lowest BCUT2D eigenvalue weighted by molar-refractivity contribution is -0.138. The highest BCUT2D eigenvalue weighted by Gasteiger charge is 2.31. The van der Waals surface area contributed by atoms with Gasteiger partial charge in [-0.3, -0.25) is 4.79 Å². The van der Waals surface area contributed by atoms with Crippen molar-refractivity contribution in [3.8, 4) is 11.7 Å². The predicted octanol–water partition coefficient (Wildman–Crippen LogP) is 3.01. The summed E-state index contributed by atoms with van der Waals surface area (Å²) >= 11 is 0. The Morgan fingerprint density at radius 1 is 1.17 bits per heavy atom. The third-order valence-electron chi connectivity index (χ3n) is 4.31. The highest BCUT2D eigenvalue weighted by Crippen LogP contribution is 2.28. The fraction of sp³-hybridized carbons (Fsp3) is 0.316. The lowest BCUT2D eigenvalue weighted by atomic mass is 10.1. The van der Waals surface area contributed by atoms with Gasteiger partial charge < -0.3 is 9.64 Å². The topological polar surface area (TPSA) is 86.0 Å². The van der Waals surface area contributed by atoms with E-state index < -0.39 is 17.8 Å². The Hall–Kier alpha value is -3.50. The molecule has 1 aromatic carbocycles. The van der Waals surface area contributed by atoms with Crippen molar-refractivity contribution >= 4 is 5.91 Å². The van der Waals surface area contributed by atoms with Crippen molar-refractivity contribution in [2.75, 3.05) is 13.2 Å². The zero-order valence-electron chi connectivity index (χ0n) is 16.2. The van der Waals surface area contributed by atoms with Gasteiger partial charge in [0.05, 0.1) is 35.2 Å². The molecule has 0 saturated carbocycles. The minimum absolute atomic E-state index is 0.00707. The summed E-state index contributed by atoms with van der Waals surface area (Å²) in [4.78, 5) is 23.2. The second-order valence-electron chi connectivity index (χ2n) is 6.34. The molecule has 0 radical (unpaired) electrons. The van der Waals surface area contributed by atoms with Crippen LogP contribution >= 0.6 is 0 Å². The van der Waals surface area contributed by atoms with Gasteiger partial charge in [-0.05, 0) is 26.0 Å². The van der Waals surface area contributed by atoms with Gasteiger partial charge in [-0.15, -0.1) is 0 Å². The largest absolute Gasteiger partial charge is 0.461 e. The molecule has 3 rings (SSSR count). The normalized spacial score (nSPS) is 12.4. The number of ether oxygens (including phenoxy) is 1. The van der Waals surface area contributed by atoms with Crippen molar-refractivity contribution in [2.24, 2.45) is 0 Å². The second-order valence-corrected chi connectivity index (χ2v) is 6.34. The zero-order chi connectivity index (χ0) is 21.7. The zero-order valence-corrected chi connectivity index (χ0v) is 16.2. The number of nitrogens with zero attached hydrogens (tertiary/aromatic N) is 6. The van der Waals surface area contributed by atoms with E-state index in [0.29, 0.717) is 30.2 Å². The SMILES string of the molecule is CCN(C(=O)c1ccccc1-n1nccn1)C(C)COc1ncc(C(F)(F)F)cn1. The molecule has 0 aliphatic rings. The molecule has 30 heavy (non-hydrogen) atoms. The molecule has 1 amide bonds. The molecule has 8 nitrogen and oxygen atoms in total. The quantitative estimate of drug-likeness (QED) is 0.584. The van der Waals surface area contributed by atoms with Crippen LogP contribution in [0.3, 0.4) is 0 Å². The molecule has 0 aliphatic carbocycles. The highest BCUT2D eigenvalue weighted by molar-refractivity contribution is 5.97. The Balaban J connectivity index is 1.71. The summed E-state index contributed by atoms with van der Waals surface area (Å²) in [5, 5.41) is 8.15. The molecule has 0 saturated heterocycles. The van der Waals surface area contributed by atoms with Crippen molar-refractivity contribution in [2.45, 2.75) is 26.1 Å². The number of carbonyl (C=O) groups excluding carboxylic acids is 1. The van der Waals surface area contributed by atoms with Gasteiger partial charge >= 0.3 is 12.2 Å². The number of hydrogen-bond donors (Lipinski definition) is 0. The maximum Gasteiger partial charge on any atom is 0.419 e. The average molecular weight is 420 g/mol. The lowest BCUT2D eigenvalue weighted by Crippen LogP contribution is -2.42. The highest BCUT2D eigenvalue weighted by atomic mass is 19.4. The number of benzene rings is 1.